The van der Waals surface area contributed by atoms with Crippen LogP contribution >= 0.6 is 42.7 Å². The van der Waals surface area contributed by atoms with Crippen molar-refractivity contribution in [3.8, 4) is 0 Å². The van der Waals surface area contributed by atoms with E-state index in [4.69, 9.17) is 0 Å². The van der Waals surface area contributed by atoms with Crippen LogP contribution in [0.15, 0.2) is 54.6 Å². The minimum atomic E-state index is -3.30. The highest BCUT2D eigenvalue weighted by Gasteiger charge is 2.20. The highest BCUT2D eigenvalue weighted by atomic mass is 127. The van der Waals surface area contributed by atoms with Crippen LogP contribution in [-0.4, -0.2) is 15.7 Å². The van der Waals surface area contributed by atoms with Gasteiger partial charge in [-0.3, -0.25) is 8.32 Å². The first kappa shape index (κ1) is 22.2. The predicted octanol–water partition coefficient (Wildman–Crippen LogP) is 4.94. The van der Waals surface area contributed by atoms with Gasteiger partial charge in [-0.05, 0) is 53.8 Å². The molecule has 3 aromatic rings. The number of nitrogens with one attached hydrogen (secondary N) is 2. The van der Waals surface area contributed by atoms with E-state index in [1.165, 1.54) is 7.05 Å². The van der Waals surface area contributed by atoms with Crippen LogP contribution in [0.1, 0.15) is 16.1 Å². The molecular formula is C18H17FI2N4O3. The molecule has 2 aromatic carbocycles. The van der Waals surface area contributed by atoms with E-state index in [2.05, 4.69) is 36.5 Å². The average Bonchev–Trinajstić information content (AvgIpc) is 2.90. The van der Waals surface area contributed by atoms with Crippen LogP contribution in [0.25, 0.3) is 0 Å². The molecule has 3 rings (SSSR count). The van der Waals surface area contributed by atoms with Crippen LogP contribution in [0.5, 0.6) is 0 Å². The average molecular weight is 610 g/mol. The molecule has 1 aromatic heterocycles. The summed E-state index contributed by atoms with van der Waals surface area (Å²) in [6, 6.07) is 16.1. The van der Waals surface area contributed by atoms with Crippen LogP contribution in [0.3, 0.4) is 0 Å². The Morgan fingerprint density at radius 3 is 2.25 bits per heavy atom. The number of aromatic nitrogens is 2. The highest BCUT2D eigenvalue weighted by Crippen LogP contribution is 2.19. The van der Waals surface area contributed by atoms with Gasteiger partial charge in [-0.2, -0.15) is 9.49 Å². The summed E-state index contributed by atoms with van der Waals surface area (Å²) in [6.07, 6.45) is 0. The quantitative estimate of drug-likeness (QED) is 0.323. The second-order valence-electron chi connectivity index (χ2n) is 5.49. The molecule has 0 saturated carbocycles. The topological polar surface area (TPSA) is 93.1 Å². The van der Waals surface area contributed by atoms with Crippen LogP contribution in [-0.2, 0) is 13.2 Å². The fourth-order valence-electron chi connectivity index (χ4n) is 2.23. The lowest BCUT2D eigenvalue weighted by atomic mass is 10.2. The largest absolute Gasteiger partial charge is 0.417 e. The molecule has 0 saturated heterocycles. The summed E-state index contributed by atoms with van der Waals surface area (Å²) < 4.78 is 38.4. The third kappa shape index (κ3) is 6.22. The van der Waals surface area contributed by atoms with Gasteiger partial charge in [0.05, 0.1) is 11.4 Å². The van der Waals surface area contributed by atoms with E-state index in [1.807, 2.05) is 24.3 Å². The molecule has 148 valence electrons. The molecule has 10 heteroatoms. The molecule has 0 unspecified atom stereocenters. The summed E-state index contributed by atoms with van der Waals surface area (Å²) in [4.78, 5) is 12.0. The van der Waals surface area contributed by atoms with E-state index in [1.54, 1.807) is 37.3 Å². The Morgan fingerprint density at radius 1 is 1.11 bits per heavy atom. The predicted molar refractivity (Wildman–Crippen MR) is 120 cm³/mol. The summed E-state index contributed by atoms with van der Waals surface area (Å²) in [5, 5.41) is 6.56. The van der Waals surface area contributed by atoms with Gasteiger partial charge >= 0.3 is 20.1 Å². The Labute approximate surface area is 182 Å². The summed E-state index contributed by atoms with van der Waals surface area (Å²) in [7, 11) is 1.46. The molecule has 0 atom stereocenters. The van der Waals surface area contributed by atoms with Crippen LogP contribution in [0, 0.1) is 16.4 Å². The molecule has 28 heavy (non-hydrogen) atoms. The smallest absolute Gasteiger partial charge is 0.321 e. The summed E-state index contributed by atoms with van der Waals surface area (Å²) >= 11 is -1.19. The molecule has 1 heterocycles. The van der Waals surface area contributed by atoms with Crippen LogP contribution < -0.4 is 8.85 Å². The van der Waals surface area contributed by atoms with E-state index in [0.717, 1.165) is 8.25 Å². The van der Waals surface area contributed by atoms with Gasteiger partial charge in [-0.1, -0.05) is 30.3 Å². The van der Waals surface area contributed by atoms with Crippen molar-refractivity contribution in [2.75, 3.05) is 8.85 Å². The van der Waals surface area contributed by atoms with E-state index in [-0.39, 0.29) is 5.56 Å². The lowest BCUT2D eigenvalue weighted by Gasteiger charge is -2.06. The molecule has 0 bridgehead atoms. The Kier molecular flexibility index (Phi) is 8.29. The van der Waals surface area contributed by atoms with Crippen molar-refractivity contribution in [1.29, 1.82) is 0 Å². The van der Waals surface area contributed by atoms with Gasteiger partial charge in [0.25, 0.3) is 5.91 Å². The molecule has 0 aliphatic heterocycles. The standard InChI is InChI=1S/C12H11FIN3O.C6H6INO2/c1-7-10(11(13)17(2)16-7)12(18)15-9-6-4-3-5-8(9)14;9-7(10)8-6-4-2-1-3-5-6/h3-6H,1-2H3,(H,15,18);1-5H,(H,8,9,10). The first-order chi connectivity index (χ1) is 13.3. The van der Waals surface area contributed by atoms with Gasteiger partial charge in [-0.15, -0.1) is 0 Å². The summed E-state index contributed by atoms with van der Waals surface area (Å²) in [5.41, 5.74) is 1.65. The zero-order chi connectivity index (χ0) is 20.7. The van der Waals surface area contributed by atoms with Gasteiger partial charge in [0.2, 0.25) is 5.95 Å². The number of anilines is 2. The highest BCUT2D eigenvalue weighted by molar-refractivity contribution is 14.2. The van der Waals surface area contributed by atoms with Crippen molar-refractivity contribution in [1.82, 2.24) is 9.78 Å². The number of aryl methyl sites for hydroxylation is 2. The van der Waals surface area contributed by atoms with Crippen LogP contribution in [0.4, 0.5) is 15.8 Å². The number of benzene rings is 2. The third-order valence-corrected chi connectivity index (χ3v) is 5.47. The van der Waals surface area contributed by atoms with E-state index >= 15 is 0 Å². The number of rotatable bonds is 4. The number of nitrogens with zero attached hydrogens (tertiary/aromatic N) is 2. The SMILES string of the molecule is Cc1nn(C)c(F)c1C(=O)Nc1ccccc1I.O=I(=O)Nc1ccccc1. The second-order valence-corrected chi connectivity index (χ2v) is 8.43. The van der Waals surface area contributed by atoms with Gasteiger partial charge < -0.3 is 5.32 Å². The van der Waals surface area contributed by atoms with Crippen molar-refractivity contribution in [3.05, 3.63) is 75.4 Å². The molecule has 0 radical (unpaired) electrons. The number of carbonyl (C=O) groups excluding carboxylic acids is 1. The van der Waals surface area contributed by atoms with Crippen molar-refractivity contribution < 1.29 is 15.3 Å². The number of para-hydroxylation sites is 2. The molecule has 7 nitrogen and oxygen atoms in total. The fourth-order valence-corrected chi connectivity index (χ4v) is 3.62. The molecule has 0 aliphatic rings. The Morgan fingerprint density at radius 2 is 1.71 bits per heavy atom. The number of hydrogen-bond donors (Lipinski definition) is 2. The van der Waals surface area contributed by atoms with Crippen LogP contribution in [0.2, 0.25) is 0 Å². The zero-order valence-corrected chi connectivity index (χ0v) is 19.3. The maximum atomic E-state index is 13.7. The fraction of sp³-hybridized carbons (Fsp3) is 0.111. The van der Waals surface area contributed by atoms with Crippen molar-refractivity contribution in [2.24, 2.45) is 7.05 Å². The Hall–Kier alpha value is -2.09. The lowest BCUT2D eigenvalue weighted by Crippen LogP contribution is -2.15. The van der Waals surface area contributed by atoms with Gasteiger partial charge in [-0.25, -0.2) is 10.8 Å². The summed E-state index contributed by atoms with van der Waals surface area (Å²) in [5.74, 6) is -1.11. The van der Waals surface area contributed by atoms with E-state index in [0.29, 0.717) is 17.1 Å². The van der Waals surface area contributed by atoms with Gasteiger partial charge in [0.15, 0.2) is 0 Å². The molecule has 1 amide bonds. The number of carbonyl (C=O) groups is 1. The van der Waals surface area contributed by atoms with Gasteiger partial charge in [0.1, 0.15) is 5.56 Å². The normalized spacial score (nSPS) is 10.2. The first-order valence-electron chi connectivity index (χ1n) is 7.91. The van der Waals surface area contributed by atoms with Crippen molar-refractivity contribution in [2.45, 2.75) is 6.92 Å². The second kappa shape index (κ2) is 10.5. The monoisotopic (exact) mass is 610 g/mol. The Bertz CT molecular complexity index is 1030. The Balaban J connectivity index is 0.000000237. The summed E-state index contributed by atoms with van der Waals surface area (Å²) in [6.45, 7) is 1.61. The van der Waals surface area contributed by atoms with Crippen molar-refractivity contribution in [3.63, 3.8) is 0 Å². The minimum Gasteiger partial charge on any atom is -0.321 e. The van der Waals surface area contributed by atoms with Crippen molar-refractivity contribution >= 4 is 59.9 Å². The zero-order valence-electron chi connectivity index (χ0n) is 14.9. The maximum Gasteiger partial charge on any atom is 0.417 e. The van der Waals surface area contributed by atoms with E-state index in [9.17, 15) is 15.3 Å². The van der Waals surface area contributed by atoms with Gasteiger partial charge in [0, 0.05) is 16.3 Å². The lowest BCUT2D eigenvalue weighted by molar-refractivity contribution is 0.102. The molecule has 2 N–H and O–H groups in total. The number of hydrogen-bond acceptors (Lipinski definition) is 4. The van der Waals surface area contributed by atoms with E-state index < -0.39 is 31.9 Å². The molecule has 0 fully saturated rings. The molecule has 0 spiro atoms. The third-order valence-electron chi connectivity index (χ3n) is 3.46. The first-order valence-corrected chi connectivity index (χ1v) is 11.8. The number of halogens is 3. The number of amides is 1. The molecular weight excluding hydrogens is 593 g/mol. The minimum absolute atomic E-state index is 0.0165. The molecule has 0 aliphatic carbocycles. The maximum absolute atomic E-state index is 13.7.